The molecule has 0 fully saturated rings. The third kappa shape index (κ3) is 20.6. The van der Waals surface area contributed by atoms with Gasteiger partial charge in [-0.05, 0) is 6.58 Å². The Kier molecular flexibility index (Phi) is 10.6. The molecular weight excluding hydrogens is 271 g/mol. The van der Waals surface area contributed by atoms with Crippen LogP contribution >= 0.6 is 0 Å². The summed E-state index contributed by atoms with van der Waals surface area (Å²) in [4.78, 5) is 9.24. The number of halogens is 9. The molecule has 0 aromatic carbocycles. The molecule has 0 saturated heterocycles. The Morgan fingerprint density at radius 2 is 1.06 bits per heavy atom. The predicted octanol–water partition coefficient (Wildman–Crippen LogP) is 4.18. The molecule has 0 aliphatic heterocycles. The second-order valence-electron chi connectivity index (χ2n) is 1.82. The van der Waals surface area contributed by atoms with E-state index >= 15 is 0 Å². The first-order valence-electron chi connectivity index (χ1n) is 3.20. The zero-order valence-electron chi connectivity index (χ0n) is 7.80. The van der Waals surface area contributed by atoms with Crippen molar-refractivity contribution in [1.29, 1.82) is 0 Å². The van der Waals surface area contributed by atoms with Crippen molar-refractivity contribution >= 4 is 5.78 Å². The fourth-order valence-corrected chi connectivity index (χ4v) is 0.161. The van der Waals surface area contributed by atoms with Crippen LogP contribution in [0.25, 0.3) is 0 Å². The smallest absolute Gasteiger partial charge is 0.279 e. The molecule has 0 N–H and O–H groups in total. The summed E-state index contributed by atoms with van der Waals surface area (Å²) in [6.45, 7) is 4.92. The van der Waals surface area contributed by atoms with Gasteiger partial charge >= 0.3 is 18.1 Å². The largest absolute Gasteiger partial charge is 0.459 e. The van der Waals surface area contributed by atoms with Gasteiger partial charge in [0.15, 0.2) is 0 Å². The normalized spacial score (nSPS) is 10.2. The Morgan fingerprint density at radius 3 is 1.06 bits per heavy atom. The molecule has 0 spiro atoms. The van der Waals surface area contributed by atoms with Crippen LogP contribution in [0.1, 0.15) is 0 Å². The Morgan fingerprint density at radius 1 is 0.941 bits per heavy atom. The maximum atomic E-state index is 10.9. The van der Waals surface area contributed by atoms with Crippen LogP contribution in [0.3, 0.4) is 0 Å². The molecular formula is C7H5F9O. The highest BCUT2D eigenvalue weighted by molar-refractivity contribution is 5.89. The minimum atomic E-state index is -5.82. The molecule has 0 aliphatic rings. The SMILES string of the molecule is C=C(F)F.C=CF.O=C(C(F)(F)F)C(F)(F)F. The van der Waals surface area contributed by atoms with Crippen molar-refractivity contribution in [2.45, 2.75) is 12.4 Å². The Hall–Kier alpha value is -1.48. The minimum Gasteiger partial charge on any atom is -0.279 e. The standard InChI is InChI=1S/C3F6O.C2H2F2.C2H3F/c4-2(5,6)1(10)3(7,8)9;1-2(3)4;1-2-3/h;1H2;2H,1H2. The van der Waals surface area contributed by atoms with Gasteiger partial charge in [0.2, 0.25) is 0 Å². The molecule has 0 saturated carbocycles. The van der Waals surface area contributed by atoms with E-state index in [1.54, 1.807) is 0 Å². The van der Waals surface area contributed by atoms with Crippen molar-refractivity contribution in [2.24, 2.45) is 0 Å². The minimum absolute atomic E-state index is 0.250. The zero-order valence-corrected chi connectivity index (χ0v) is 7.80. The van der Waals surface area contributed by atoms with Crippen molar-refractivity contribution in [1.82, 2.24) is 0 Å². The average Bonchev–Trinajstić information content (AvgIpc) is 1.99. The van der Waals surface area contributed by atoms with E-state index in [1.165, 1.54) is 0 Å². The summed E-state index contributed by atoms with van der Waals surface area (Å²) in [5.74, 6) is -3.68. The Balaban J connectivity index is -0.000000232. The predicted molar refractivity (Wildman–Crippen MR) is 39.8 cm³/mol. The van der Waals surface area contributed by atoms with Crippen molar-refractivity contribution in [2.75, 3.05) is 0 Å². The first-order valence-corrected chi connectivity index (χ1v) is 3.20. The van der Waals surface area contributed by atoms with Gasteiger partial charge in [-0.3, -0.25) is 4.79 Å². The lowest BCUT2D eigenvalue weighted by Gasteiger charge is -2.06. The van der Waals surface area contributed by atoms with E-state index < -0.39 is 24.2 Å². The summed E-state index contributed by atoms with van der Waals surface area (Å²) in [6, 6.07) is 0. The molecule has 102 valence electrons. The highest BCUT2D eigenvalue weighted by Crippen LogP contribution is 2.28. The van der Waals surface area contributed by atoms with Crippen LogP contribution in [0, 0.1) is 0 Å². The average molecular weight is 276 g/mol. The topological polar surface area (TPSA) is 17.1 Å². The molecule has 0 aromatic rings. The molecule has 0 unspecified atom stereocenters. The molecule has 0 amide bonds. The van der Waals surface area contributed by atoms with Crippen molar-refractivity contribution in [3.8, 4) is 0 Å². The van der Waals surface area contributed by atoms with Gasteiger partial charge in [0, 0.05) is 0 Å². The summed E-state index contributed by atoms with van der Waals surface area (Å²) in [6.07, 6.45) is -13.2. The first-order chi connectivity index (χ1) is 7.30. The quantitative estimate of drug-likeness (QED) is 0.607. The van der Waals surface area contributed by atoms with Crippen LogP contribution in [0.2, 0.25) is 0 Å². The highest BCUT2D eigenvalue weighted by Gasteiger charge is 2.55. The fourth-order valence-electron chi connectivity index (χ4n) is 0.161. The van der Waals surface area contributed by atoms with Gasteiger partial charge in [-0.2, -0.15) is 35.1 Å². The van der Waals surface area contributed by atoms with Crippen LogP contribution in [0.5, 0.6) is 0 Å². The molecule has 0 aromatic heterocycles. The molecule has 0 atom stereocenters. The van der Waals surface area contributed by atoms with Gasteiger partial charge in [-0.1, -0.05) is 6.58 Å². The van der Waals surface area contributed by atoms with Gasteiger partial charge < -0.3 is 0 Å². The van der Waals surface area contributed by atoms with E-state index in [2.05, 4.69) is 13.2 Å². The maximum absolute atomic E-state index is 10.9. The fraction of sp³-hybridized carbons (Fsp3) is 0.286. The van der Waals surface area contributed by atoms with Gasteiger partial charge in [-0.15, -0.1) is 0 Å². The van der Waals surface area contributed by atoms with E-state index in [0.717, 1.165) is 0 Å². The maximum Gasteiger partial charge on any atom is 0.459 e. The van der Waals surface area contributed by atoms with Gasteiger partial charge in [0.25, 0.3) is 6.08 Å². The van der Waals surface area contributed by atoms with Crippen molar-refractivity contribution in [3.05, 3.63) is 25.6 Å². The van der Waals surface area contributed by atoms with Gasteiger partial charge in [-0.25, -0.2) is 4.39 Å². The number of Topliss-reactive ketones (excluding diaryl/α,β-unsaturated/α-hetero) is 1. The number of hydrogen-bond acceptors (Lipinski definition) is 1. The molecule has 10 heteroatoms. The lowest BCUT2D eigenvalue weighted by atomic mass is 10.4. The number of carbonyl (C=O) groups excluding carboxylic acids is 1. The molecule has 17 heavy (non-hydrogen) atoms. The van der Waals surface area contributed by atoms with E-state index in [4.69, 9.17) is 0 Å². The third-order valence-electron chi connectivity index (χ3n) is 0.515. The molecule has 0 radical (unpaired) electrons. The number of carbonyl (C=O) groups is 1. The monoisotopic (exact) mass is 276 g/mol. The number of alkyl halides is 6. The Labute approximate surface area is 89.2 Å². The molecule has 0 rings (SSSR count). The number of hydrogen-bond donors (Lipinski definition) is 0. The second kappa shape index (κ2) is 8.65. The summed E-state index contributed by atoms with van der Waals surface area (Å²) >= 11 is 0. The summed E-state index contributed by atoms with van der Waals surface area (Å²) in [5, 5.41) is 0. The van der Waals surface area contributed by atoms with Crippen LogP contribution in [0.4, 0.5) is 39.5 Å². The van der Waals surface area contributed by atoms with E-state index in [9.17, 15) is 44.3 Å². The first kappa shape index (κ1) is 20.9. The number of rotatable bonds is 0. The Bertz CT molecular complexity index is 229. The van der Waals surface area contributed by atoms with Crippen LogP contribution in [-0.2, 0) is 4.79 Å². The summed E-state index contributed by atoms with van der Waals surface area (Å²) < 4.78 is 95.6. The van der Waals surface area contributed by atoms with E-state index in [1.807, 2.05) is 0 Å². The third-order valence-corrected chi connectivity index (χ3v) is 0.515. The van der Waals surface area contributed by atoms with E-state index in [-0.39, 0.29) is 6.33 Å². The van der Waals surface area contributed by atoms with Gasteiger partial charge in [0.05, 0.1) is 6.33 Å². The van der Waals surface area contributed by atoms with Crippen LogP contribution < -0.4 is 0 Å². The summed E-state index contributed by atoms with van der Waals surface area (Å²) in [7, 11) is 0. The molecule has 0 aliphatic carbocycles. The van der Waals surface area contributed by atoms with Crippen LogP contribution in [0.15, 0.2) is 25.6 Å². The number of ketones is 1. The zero-order chi connectivity index (χ0) is 14.9. The molecule has 0 bridgehead atoms. The van der Waals surface area contributed by atoms with Crippen molar-refractivity contribution < 1.29 is 44.3 Å². The second-order valence-corrected chi connectivity index (χ2v) is 1.82. The molecule has 1 nitrogen and oxygen atoms in total. The lowest BCUT2D eigenvalue weighted by molar-refractivity contribution is -0.217. The van der Waals surface area contributed by atoms with E-state index in [0.29, 0.717) is 0 Å². The van der Waals surface area contributed by atoms with Gasteiger partial charge in [0.1, 0.15) is 0 Å². The lowest BCUT2D eigenvalue weighted by Crippen LogP contribution is -2.36. The highest BCUT2D eigenvalue weighted by atomic mass is 19.4. The summed E-state index contributed by atoms with van der Waals surface area (Å²) in [5.41, 5.74) is 0. The van der Waals surface area contributed by atoms with Crippen molar-refractivity contribution in [3.63, 3.8) is 0 Å². The van der Waals surface area contributed by atoms with Crippen LogP contribution in [-0.4, -0.2) is 18.1 Å². The molecule has 0 heterocycles.